The average molecular weight is 343 g/mol. The molecule has 0 atom stereocenters. The molecule has 1 amide bonds. The van der Waals surface area contributed by atoms with Crippen LogP contribution in [-0.2, 0) is 16.0 Å². The standard InChI is InChI=1S/C20H25NO2S/c1-20(2,3)16-10-11-18(23-4)17(12-16)21-19(22)14-24-13-15-8-6-5-7-9-15/h5-12H,13-14H2,1-4H3,(H,21,22). The predicted octanol–water partition coefficient (Wildman–Crippen LogP) is 4.86. The number of ether oxygens (including phenoxy) is 1. The van der Waals surface area contributed by atoms with E-state index in [2.05, 4.69) is 38.2 Å². The number of amides is 1. The van der Waals surface area contributed by atoms with E-state index in [0.717, 1.165) is 17.0 Å². The third kappa shape index (κ3) is 5.31. The first-order chi connectivity index (χ1) is 11.4. The molecular formula is C20H25NO2S. The molecule has 0 unspecified atom stereocenters. The summed E-state index contributed by atoms with van der Waals surface area (Å²) in [6.07, 6.45) is 0. The lowest BCUT2D eigenvalue weighted by molar-refractivity contribution is -0.113. The minimum atomic E-state index is -0.0136. The smallest absolute Gasteiger partial charge is 0.234 e. The van der Waals surface area contributed by atoms with Crippen LogP contribution in [-0.4, -0.2) is 18.8 Å². The molecular weight excluding hydrogens is 318 g/mol. The Kier molecular flexibility index (Phi) is 6.32. The zero-order valence-corrected chi connectivity index (χ0v) is 15.6. The van der Waals surface area contributed by atoms with Gasteiger partial charge in [-0.2, -0.15) is 0 Å². The molecule has 0 saturated carbocycles. The summed E-state index contributed by atoms with van der Waals surface area (Å²) in [6.45, 7) is 6.45. The fraction of sp³-hybridized carbons (Fsp3) is 0.350. The van der Waals surface area contributed by atoms with Gasteiger partial charge in [0.2, 0.25) is 5.91 Å². The van der Waals surface area contributed by atoms with Crippen LogP contribution in [0.2, 0.25) is 0 Å². The molecule has 0 saturated heterocycles. The summed E-state index contributed by atoms with van der Waals surface area (Å²) in [5.41, 5.74) is 3.14. The van der Waals surface area contributed by atoms with Crippen molar-refractivity contribution >= 4 is 23.4 Å². The molecule has 0 radical (unpaired) electrons. The highest BCUT2D eigenvalue weighted by Gasteiger charge is 2.17. The van der Waals surface area contributed by atoms with E-state index in [1.54, 1.807) is 18.9 Å². The highest BCUT2D eigenvalue weighted by Crippen LogP contribution is 2.31. The van der Waals surface area contributed by atoms with Gasteiger partial charge in [0.15, 0.2) is 0 Å². The Morgan fingerprint density at radius 3 is 2.46 bits per heavy atom. The van der Waals surface area contributed by atoms with Crippen LogP contribution in [0.25, 0.3) is 0 Å². The molecule has 0 aliphatic rings. The monoisotopic (exact) mass is 343 g/mol. The number of thioether (sulfide) groups is 1. The van der Waals surface area contributed by atoms with Gasteiger partial charge >= 0.3 is 0 Å². The summed E-state index contributed by atoms with van der Waals surface area (Å²) in [5.74, 6) is 1.91. The Bertz CT molecular complexity index is 678. The molecule has 2 rings (SSSR count). The first kappa shape index (κ1) is 18.4. The predicted molar refractivity (Wildman–Crippen MR) is 103 cm³/mol. The quantitative estimate of drug-likeness (QED) is 0.813. The van der Waals surface area contributed by atoms with E-state index in [1.165, 1.54) is 5.56 Å². The Labute approximate surface area is 148 Å². The minimum absolute atomic E-state index is 0.0136. The van der Waals surface area contributed by atoms with Gasteiger partial charge < -0.3 is 10.1 Å². The number of benzene rings is 2. The van der Waals surface area contributed by atoms with Gasteiger partial charge in [0, 0.05) is 5.75 Å². The molecule has 0 spiro atoms. The highest BCUT2D eigenvalue weighted by atomic mass is 32.2. The maximum absolute atomic E-state index is 12.2. The third-order valence-corrected chi connectivity index (χ3v) is 4.69. The SMILES string of the molecule is COc1ccc(C(C)(C)C)cc1NC(=O)CSCc1ccccc1. The molecule has 0 bridgehead atoms. The van der Waals surface area contributed by atoms with Crippen molar-refractivity contribution in [2.45, 2.75) is 31.9 Å². The van der Waals surface area contributed by atoms with Gasteiger partial charge in [-0.15, -0.1) is 11.8 Å². The summed E-state index contributed by atoms with van der Waals surface area (Å²) in [7, 11) is 1.62. The van der Waals surface area contributed by atoms with Crippen LogP contribution in [0.5, 0.6) is 5.75 Å². The van der Waals surface area contributed by atoms with Crippen molar-refractivity contribution in [3.63, 3.8) is 0 Å². The molecule has 2 aromatic carbocycles. The Balaban J connectivity index is 1.97. The van der Waals surface area contributed by atoms with Crippen LogP contribution in [0.1, 0.15) is 31.9 Å². The molecule has 0 heterocycles. The average Bonchev–Trinajstić information content (AvgIpc) is 2.55. The van der Waals surface area contributed by atoms with E-state index in [-0.39, 0.29) is 11.3 Å². The van der Waals surface area contributed by atoms with Crippen LogP contribution in [0.4, 0.5) is 5.69 Å². The van der Waals surface area contributed by atoms with Gasteiger partial charge in [0.25, 0.3) is 0 Å². The van der Waals surface area contributed by atoms with Gasteiger partial charge in [-0.05, 0) is 28.7 Å². The van der Waals surface area contributed by atoms with Crippen LogP contribution < -0.4 is 10.1 Å². The van der Waals surface area contributed by atoms with Gasteiger partial charge in [0.1, 0.15) is 5.75 Å². The molecule has 0 fully saturated rings. The first-order valence-electron chi connectivity index (χ1n) is 8.00. The van der Waals surface area contributed by atoms with Crippen molar-refractivity contribution in [2.24, 2.45) is 0 Å². The summed E-state index contributed by atoms with van der Waals surface area (Å²) in [6, 6.07) is 16.1. The fourth-order valence-electron chi connectivity index (χ4n) is 2.29. The number of nitrogens with one attached hydrogen (secondary N) is 1. The topological polar surface area (TPSA) is 38.3 Å². The maximum atomic E-state index is 12.2. The molecule has 0 aliphatic heterocycles. The van der Waals surface area contributed by atoms with Crippen LogP contribution in [0.3, 0.4) is 0 Å². The van der Waals surface area contributed by atoms with Crippen molar-refractivity contribution in [3.05, 3.63) is 59.7 Å². The van der Waals surface area contributed by atoms with Crippen molar-refractivity contribution in [1.29, 1.82) is 0 Å². The van der Waals surface area contributed by atoms with E-state index in [0.29, 0.717) is 11.5 Å². The van der Waals surface area contributed by atoms with Gasteiger partial charge in [0.05, 0.1) is 18.6 Å². The van der Waals surface area contributed by atoms with E-state index < -0.39 is 0 Å². The second-order valence-corrected chi connectivity index (χ2v) is 7.68. The molecule has 2 aromatic rings. The zero-order valence-electron chi connectivity index (χ0n) is 14.8. The van der Waals surface area contributed by atoms with Crippen LogP contribution in [0, 0.1) is 0 Å². The molecule has 0 aromatic heterocycles. The number of rotatable bonds is 6. The van der Waals surface area contributed by atoms with Crippen molar-refractivity contribution in [2.75, 3.05) is 18.2 Å². The second kappa shape index (κ2) is 8.25. The number of carbonyl (C=O) groups is 1. The zero-order chi connectivity index (χ0) is 17.6. The van der Waals surface area contributed by atoms with Gasteiger partial charge in [-0.3, -0.25) is 4.79 Å². The van der Waals surface area contributed by atoms with E-state index in [4.69, 9.17) is 4.74 Å². The Morgan fingerprint density at radius 1 is 1.12 bits per heavy atom. The first-order valence-corrected chi connectivity index (χ1v) is 9.15. The van der Waals surface area contributed by atoms with Gasteiger partial charge in [-0.1, -0.05) is 57.2 Å². The Hall–Kier alpha value is -1.94. The second-order valence-electron chi connectivity index (χ2n) is 6.69. The molecule has 0 aliphatic carbocycles. The lowest BCUT2D eigenvalue weighted by atomic mass is 9.87. The summed E-state index contributed by atoms with van der Waals surface area (Å²) < 4.78 is 5.37. The van der Waals surface area contributed by atoms with Crippen molar-refractivity contribution < 1.29 is 9.53 Å². The normalized spacial score (nSPS) is 11.2. The van der Waals surface area contributed by atoms with Gasteiger partial charge in [-0.25, -0.2) is 0 Å². The van der Waals surface area contributed by atoms with Crippen LogP contribution >= 0.6 is 11.8 Å². The van der Waals surface area contributed by atoms with Crippen molar-refractivity contribution in [3.8, 4) is 5.75 Å². The molecule has 1 N–H and O–H groups in total. The molecule has 4 heteroatoms. The summed E-state index contributed by atoms with van der Waals surface area (Å²) >= 11 is 1.60. The molecule has 128 valence electrons. The van der Waals surface area contributed by atoms with Crippen LogP contribution in [0.15, 0.2) is 48.5 Å². The molecule has 3 nitrogen and oxygen atoms in total. The number of anilines is 1. The number of carbonyl (C=O) groups excluding carboxylic acids is 1. The minimum Gasteiger partial charge on any atom is -0.495 e. The fourth-order valence-corrected chi connectivity index (χ4v) is 3.08. The van der Waals surface area contributed by atoms with E-state index in [9.17, 15) is 4.79 Å². The Morgan fingerprint density at radius 2 is 1.83 bits per heavy atom. The highest BCUT2D eigenvalue weighted by molar-refractivity contribution is 7.99. The van der Waals surface area contributed by atoms with E-state index in [1.807, 2.05) is 36.4 Å². The number of hydrogen-bond donors (Lipinski definition) is 1. The lowest BCUT2D eigenvalue weighted by Crippen LogP contribution is -2.17. The summed E-state index contributed by atoms with van der Waals surface area (Å²) in [5, 5.41) is 2.98. The lowest BCUT2D eigenvalue weighted by Gasteiger charge is -2.21. The summed E-state index contributed by atoms with van der Waals surface area (Å²) in [4.78, 5) is 12.2. The maximum Gasteiger partial charge on any atom is 0.234 e. The third-order valence-electron chi connectivity index (χ3n) is 3.68. The number of hydrogen-bond acceptors (Lipinski definition) is 3. The van der Waals surface area contributed by atoms with Crippen molar-refractivity contribution in [1.82, 2.24) is 0 Å². The molecule has 24 heavy (non-hydrogen) atoms. The largest absolute Gasteiger partial charge is 0.495 e. The number of methoxy groups -OCH3 is 1. The van der Waals surface area contributed by atoms with E-state index >= 15 is 0 Å².